The number of halogens is 1. The fourth-order valence-corrected chi connectivity index (χ4v) is 2.81. The molecule has 2 heterocycles. The molecular formula is C20H23ClN6O. The number of anilines is 3. The minimum Gasteiger partial charge on any atom is -0.508 e. The lowest BCUT2D eigenvalue weighted by molar-refractivity contribution is 0.405. The molecule has 0 aliphatic rings. The number of pyridine rings is 1. The summed E-state index contributed by atoms with van der Waals surface area (Å²) in [6.45, 7) is 1.73. The smallest absolute Gasteiger partial charge is 0.225 e. The molecule has 3 aromatic rings. The number of nitrogens with one attached hydrogen (secondary N) is 2. The summed E-state index contributed by atoms with van der Waals surface area (Å²) in [5, 5.41) is 16.4. The minimum absolute atomic E-state index is 0.109. The number of nitrogens with zero attached hydrogens (tertiary/aromatic N) is 4. The lowest BCUT2D eigenvalue weighted by atomic mass is 10.2. The van der Waals surface area contributed by atoms with Gasteiger partial charge in [-0.3, -0.25) is 4.98 Å². The first kappa shape index (κ1) is 19.9. The quantitative estimate of drug-likeness (QED) is 0.390. The van der Waals surface area contributed by atoms with Crippen molar-refractivity contribution in [1.29, 1.82) is 0 Å². The average Bonchev–Trinajstić information content (AvgIpc) is 2.68. The summed E-state index contributed by atoms with van der Waals surface area (Å²) in [6.07, 6.45) is 4.45. The second-order valence-electron chi connectivity index (χ2n) is 6.58. The van der Waals surface area contributed by atoms with E-state index in [1.54, 1.807) is 24.5 Å². The van der Waals surface area contributed by atoms with Crippen LogP contribution < -0.4 is 10.6 Å². The molecule has 8 heteroatoms. The van der Waals surface area contributed by atoms with E-state index in [2.05, 4.69) is 30.5 Å². The zero-order valence-electron chi connectivity index (χ0n) is 15.9. The Labute approximate surface area is 169 Å². The number of hydrogen-bond donors (Lipinski definition) is 3. The number of aromatic nitrogens is 3. The van der Waals surface area contributed by atoms with Crippen LogP contribution in [0.5, 0.6) is 5.75 Å². The first-order valence-electron chi connectivity index (χ1n) is 8.95. The Morgan fingerprint density at radius 2 is 2.00 bits per heavy atom. The van der Waals surface area contributed by atoms with Crippen LogP contribution in [0.3, 0.4) is 0 Å². The minimum atomic E-state index is 0.109. The zero-order chi connectivity index (χ0) is 19.9. The Morgan fingerprint density at radius 3 is 2.71 bits per heavy atom. The molecule has 0 amide bonds. The van der Waals surface area contributed by atoms with Crippen molar-refractivity contribution in [2.45, 2.75) is 6.42 Å². The maximum absolute atomic E-state index is 9.54. The molecule has 3 rings (SSSR count). The van der Waals surface area contributed by atoms with Crippen LogP contribution in [0.15, 0.2) is 48.8 Å². The van der Waals surface area contributed by atoms with E-state index in [4.69, 9.17) is 11.6 Å². The highest BCUT2D eigenvalue weighted by molar-refractivity contribution is 6.33. The van der Waals surface area contributed by atoms with Crippen molar-refractivity contribution in [2.75, 3.05) is 37.8 Å². The highest BCUT2D eigenvalue weighted by atomic mass is 35.5. The molecule has 28 heavy (non-hydrogen) atoms. The normalized spacial score (nSPS) is 10.9. The van der Waals surface area contributed by atoms with Crippen LogP contribution in [0, 0.1) is 0 Å². The summed E-state index contributed by atoms with van der Waals surface area (Å²) < 4.78 is 0. The van der Waals surface area contributed by atoms with Gasteiger partial charge in [-0.1, -0.05) is 11.6 Å². The molecule has 0 saturated heterocycles. The summed E-state index contributed by atoms with van der Waals surface area (Å²) in [5.74, 6) is 1.23. The predicted molar refractivity (Wildman–Crippen MR) is 113 cm³/mol. The molecule has 146 valence electrons. The Kier molecular flexibility index (Phi) is 6.62. The van der Waals surface area contributed by atoms with Crippen molar-refractivity contribution in [2.24, 2.45) is 0 Å². The molecule has 0 radical (unpaired) electrons. The van der Waals surface area contributed by atoms with E-state index < -0.39 is 0 Å². The largest absolute Gasteiger partial charge is 0.508 e. The van der Waals surface area contributed by atoms with Crippen LogP contribution in [0.4, 0.5) is 17.5 Å². The molecule has 0 spiro atoms. The van der Waals surface area contributed by atoms with Crippen molar-refractivity contribution in [3.8, 4) is 17.0 Å². The number of benzene rings is 1. The average molecular weight is 399 g/mol. The van der Waals surface area contributed by atoms with E-state index in [-0.39, 0.29) is 5.75 Å². The number of aromatic hydroxyl groups is 1. The second kappa shape index (κ2) is 9.34. The third-order valence-electron chi connectivity index (χ3n) is 3.96. The Bertz CT molecular complexity index is 920. The standard InChI is InChI=1S/C20H23ClN6O/c1-27(2)10-4-9-23-20-25-18(14-5-3-8-22-13-14)12-19(26-20)24-17-7-6-15(28)11-16(17)21/h3,5-8,11-13,28H,4,9-10H2,1-2H3,(H2,23,24,25,26). The Hall–Kier alpha value is -2.90. The van der Waals surface area contributed by atoms with Gasteiger partial charge < -0.3 is 20.6 Å². The van der Waals surface area contributed by atoms with E-state index in [1.807, 2.05) is 32.3 Å². The number of hydrogen-bond acceptors (Lipinski definition) is 7. The van der Waals surface area contributed by atoms with Crippen LogP contribution in [0.1, 0.15) is 6.42 Å². The van der Waals surface area contributed by atoms with E-state index in [0.29, 0.717) is 22.5 Å². The summed E-state index contributed by atoms with van der Waals surface area (Å²) in [6, 6.07) is 10.4. The van der Waals surface area contributed by atoms with Crippen molar-refractivity contribution >= 4 is 29.1 Å². The number of rotatable bonds is 8. The highest BCUT2D eigenvalue weighted by Crippen LogP contribution is 2.29. The molecule has 1 aromatic carbocycles. The van der Waals surface area contributed by atoms with Gasteiger partial charge in [0.25, 0.3) is 0 Å². The number of phenols is 1. The van der Waals surface area contributed by atoms with Gasteiger partial charge >= 0.3 is 0 Å². The molecule has 0 aliphatic carbocycles. The molecule has 0 saturated carbocycles. The van der Waals surface area contributed by atoms with Gasteiger partial charge in [0, 0.05) is 36.6 Å². The van der Waals surface area contributed by atoms with Crippen molar-refractivity contribution in [1.82, 2.24) is 19.9 Å². The summed E-state index contributed by atoms with van der Waals surface area (Å²) in [7, 11) is 4.09. The fourth-order valence-electron chi connectivity index (χ4n) is 2.59. The molecular weight excluding hydrogens is 376 g/mol. The van der Waals surface area contributed by atoms with E-state index in [0.717, 1.165) is 30.8 Å². The monoisotopic (exact) mass is 398 g/mol. The highest BCUT2D eigenvalue weighted by Gasteiger charge is 2.09. The van der Waals surface area contributed by atoms with Gasteiger partial charge in [-0.2, -0.15) is 4.98 Å². The van der Waals surface area contributed by atoms with E-state index >= 15 is 0 Å². The van der Waals surface area contributed by atoms with Gasteiger partial charge in [0.2, 0.25) is 5.95 Å². The van der Waals surface area contributed by atoms with Gasteiger partial charge in [0.15, 0.2) is 0 Å². The third kappa shape index (κ3) is 5.55. The van der Waals surface area contributed by atoms with Gasteiger partial charge in [-0.05, 0) is 51.3 Å². The van der Waals surface area contributed by atoms with E-state index in [9.17, 15) is 5.11 Å². The van der Waals surface area contributed by atoms with Crippen molar-refractivity contribution in [3.05, 3.63) is 53.8 Å². The van der Waals surface area contributed by atoms with Crippen LogP contribution in [0.25, 0.3) is 11.3 Å². The Balaban J connectivity index is 1.86. The summed E-state index contributed by atoms with van der Waals surface area (Å²) in [5.41, 5.74) is 2.28. The first-order valence-corrected chi connectivity index (χ1v) is 9.32. The Morgan fingerprint density at radius 1 is 1.14 bits per heavy atom. The maximum Gasteiger partial charge on any atom is 0.225 e. The lowest BCUT2D eigenvalue weighted by Gasteiger charge is -2.13. The molecule has 2 aromatic heterocycles. The van der Waals surface area contributed by atoms with Crippen molar-refractivity contribution in [3.63, 3.8) is 0 Å². The summed E-state index contributed by atoms with van der Waals surface area (Å²) in [4.78, 5) is 15.5. The predicted octanol–water partition coefficient (Wildman–Crippen LogP) is 4.00. The molecule has 0 bridgehead atoms. The number of phenolic OH excluding ortho intramolecular Hbond substituents is 1. The molecule has 7 nitrogen and oxygen atoms in total. The van der Waals surface area contributed by atoms with Crippen molar-refractivity contribution < 1.29 is 5.11 Å². The van der Waals surface area contributed by atoms with Gasteiger partial charge in [-0.15, -0.1) is 0 Å². The second-order valence-corrected chi connectivity index (χ2v) is 6.98. The van der Waals surface area contributed by atoms with Gasteiger partial charge in [0.05, 0.1) is 16.4 Å². The SMILES string of the molecule is CN(C)CCCNc1nc(Nc2ccc(O)cc2Cl)cc(-c2cccnc2)n1. The molecule has 3 N–H and O–H groups in total. The van der Waals surface area contributed by atoms with Gasteiger partial charge in [0.1, 0.15) is 11.6 Å². The fraction of sp³-hybridized carbons (Fsp3) is 0.250. The molecule has 0 fully saturated rings. The first-order chi connectivity index (χ1) is 13.5. The van der Waals surface area contributed by atoms with Crippen LogP contribution >= 0.6 is 11.6 Å². The maximum atomic E-state index is 9.54. The zero-order valence-corrected chi connectivity index (χ0v) is 16.6. The molecule has 0 aliphatic heterocycles. The third-order valence-corrected chi connectivity index (χ3v) is 4.28. The lowest BCUT2D eigenvalue weighted by Crippen LogP contribution is -2.17. The summed E-state index contributed by atoms with van der Waals surface area (Å²) >= 11 is 6.21. The van der Waals surface area contributed by atoms with E-state index in [1.165, 1.54) is 6.07 Å². The van der Waals surface area contributed by atoms with Gasteiger partial charge in [-0.25, -0.2) is 4.98 Å². The van der Waals surface area contributed by atoms with Crippen LogP contribution in [0.2, 0.25) is 5.02 Å². The van der Waals surface area contributed by atoms with Crippen LogP contribution in [-0.4, -0.2) is 52.1 Å². The molecule has 0 unspecified atom stereocenters. The topological polar surface area (TPSA) is 86.2 Å². The van der Waals surface area contributed by atoms with Crippen LogP contribution in [-0.2, 0) is 0 Å². The molecule has 0 atom stereocenters.